The molecule has 118 valence electrons. The number of anilines is 1. The largest absolute Gasteiger partial charge is 0.481 e. The van der Waals surface area contributed by atoms with Gasteiger partial charge in [0, 0.05) is 30.4 Å². The zero-order valence-corrected chi connectivity index (χ0v) is 12.1. The van der Waals surface area contributed by atoms with Crippen molar-refractivity contribution in [3.63, 3.8) is 0 Å². The predicted molar refractivity (Wildman–Crippen MR) is 78.8 cm³/mol. The van der Waals surface area contributed by atoms with Gasteiger partial charge in [-0.25, -0.2) is 4.79 Å². The third kappa shape index (κ3) is 3.51. The molecule has 2 N–H and O–H groups in total. The van der Waals surface area contributed by atoms with Gasteiger partial charge in [0.2, 0.25) is 0 Å². The number of nitro benzene ring substituents is 1. The Morgan fingerprint density at radius 1 is 1.45 bits per heavy atom. The van der Waals surface area contributed by atoms with Crippen LogP contribution in [0.1, 0.15) is 18.4 Å². The van der Waals surface area contributed by atoms with Gasteiger partial charge in [-0.1, -0.05) is 6.07 Å². The molecule has 0 radical (unpaired) electrons. The molecule has 0 aliphatic carbocycles. The normalized spacial score (nSPS) is 17.9. The summed E-state index contributed by atoms with van der Waals surface area (Å²) in [5.74, 6) is -1.48. The molecular formula is C14H17N3O5. The van der Waals surface area contributed by atoms with Crippen molar-refractivity contribution in [3.8, 4) is 0 Å². The van der Waals surface area contributed by atoms with E-state index >= 15 is 0 Å². The summed E-state index contributed by atoms with van der Waals surface area (Å²) in [7, 11) is 0. The summed E-state index contributed by atoms with van der Waals surface area (Å²) in [6.07, 6.45) is 1.17. The number of hydrogen-bond donors (Lipinski definition) is 2. The van der Waals surface area contributed by atoms with Gasteiger partial charge < -0.3 is 15.3 Å². The number of carbonyl (C=O) groups is 2. The highest BCUT2D eigenvalue weighted by Gasteiger charge is 2.28. The third-order valence-electron chi connectivity index (χ3n) is 3.71. The van der Waals surface area contributed by atoms with E-state index in [0.29, 0.717) is 30.6 Å². The molecule has 1 saturated heterocycles. The molecule has 1 unspecified atom stereocenters. The molecular weight excluding hydrogens is 290 g/mol. The summed E-state index contributed by atoms with van der Waals surface area (Å²) in [6, 6.07) is 4.00. The quantitative estimate of drug-likeness (QED) is 0.656. The first kappa shape index (κ1) is 15.7. The van der Waals surface area contributed by atoms with E-state index in [4.69, 9.17) is 5.11 Å². The molecule has 8 heteroatoms. The van der Waals surface area contributed by atoms with Crippen LogP contribution in [0.5, 0.6) is 0 Å². The second kappa shape index (κ2) is 6.42. The number of carboxylic acid groups (broad SMARTS) is 1. The summed E-state index contributed by atoms with van der Waals surface area (Å²) >= 11 is 0. The maximum Gasteiger partial charge on any atom is 0.321 e. The number of nitrogens with one attached hydrogen (secondary N) is 1. The van der Waals surface area contributed by atoms with Gasteiger partial charge in [0.25, 0.3) is 5.69 Å². The summed E-state index contributed by atoms with van der Waals surface area (Å²) in [4.78, 5) is 35.0. The maximum absolute atomic E-state index is 12.2. The third-order valence-corrected chi connectivity index (χ3v) is 3.71. The maximum atomic E-state index is 12.2. The predicted octanol–water partition coefficient (Wildman–Crippen LogP) is 2.23. The van der Waals surface area contributed by atoms with Gasteiger partial charge in [-0.2, -0.15) is 0 Å². The van der Waals surface area contributed by atoms with Crippen LogP contribution in [0.4, 0.5) is 16.2 Å². The van der Waals surface area contributed by atoms with Crippen molar-refractivity contribution in [2.45, 2.75) is 19.8 Å². The van der Waals surface area contributed by atoms with Crippen LogP contribution < -0.4 is 5.32 Å². The van der Waals surface area contributed by atoms with Crippen LogP contribution in [-0.4, -0.2) is 40.0 Å². The number of carbonyl (C=O) groups excluding carboxylic acids is 1. The molecule has 1 aromatic carbocycles. The molecule has 1 aliphatic rings. The van der Waals surface area contributed by atoms with E-state index < -0.39 is 22.8 Å². The van der Waals surface area contributed by atoms with Crippen LogP contribution in [0.3, 0.4) is 0 Å². The summed E-state index contributed by atoms with van der Waals surface area (Å²) < 4.78 is 0. The molecule has 0 spiro atoms. The molecule has 1 fully saturated rings. The lowest BCUT2D eigenvalue weighted by Crippen LogP contribution is -2.44. The lowest BCUT2D eigenvalue weighted by Gasteiger charge is -2.30. The number of benzene rings is 1. The Morgan fingerprint density at radius 2 is 2.18 bits per heavy atom. The molecule has 1 atom stereocenters. The Morgan fingerprint density at radius 3 is 2.82 bits per heavy atom. The zero-order valence-electron chi connectivity index (χ0n) is 12.1. The number of aliphatic carboxylic acids is 1. The monoisotopic (exact) mass is 307 g/mol. The molecule has 8 nitrogen and oxygen atoms in total. The minimum atomic E-state index is -0.913. The lowest BCUT2D eigenvalue weighted by molar-refractivity contribution is -0.385. The van der Waals surface area contributed by atoms with E-state index in [1.54, 1.807) is 19.1 Å². The first-order chi connectivity index (χ1) is 10.4. The fourth-order valence-electron chi connectivity index (χ4n) is 2.45. The van der Waals surface area contributed by atoms with Gasteiger partial charge >= 0.3 is 12.0 Å². The molecule has 22 heavy (non-hydrogen) atoms. The van der Waals surface area contributed by atoms with Crippen molar-refractivity contribution < 1.29 is 19.6 Å². The van der Waals surface area contributed by atoms with Crippen molar-refractivity contribution in [3.05, 3.63) is 33.9 Å². The highest BCUT2D eigenvalue weighted by molar-refractivity contribution is 5.90. The minimum absolute atomic E-state index is 0.0696. The second-order valence-corrected chi connectivity index (χ2v) is 5.31. The van der Waals surface area contributed by atoms with Gasteiger partial charge in [-0.3, -0.25) is 14.9 Å². The van der Waals surface area contributed by atoms with Crippen LogP contribution in [-0.2, 0) is 4.79 Å². The van der Waals surface area contributed by atoms with Crippen LogP contribution in [0.15, 0.2) is 18.2 Å². The topological polar surface area (TPSA) is 113 Å². The zero-order chi connectivity index (χ0) is 16.3. The first-order valence-corrected chi connectivity index (χ1v) is 6.92. The average Bonchev–Trinajstić information content (AvgIpc) is 2.49. The van der Waals surface area contributed by atoms with Gasteiger partial charge in [0.05, 0.1) is 10.8 Å². The molecule has 2 amide bonds. The van der Waals surface area contributed by atoms with Crippen molar-refractivity contribution in [2.24, 2.45) is 5.92 Å². The number of rotatable bonds is 3. The highest BCUT2D eigenvalue weighted by atomic mass is 16.6. The fraction of sp³-hybridized carbons (Fsp3) is 0.429. The van der Waals surface area contributed by atoms with E-state index in [1.807, 2.05) is 0 Å². The molecule has 0 aromatic heterocycles. The Balaban J connectivity index is 2.07. The molecule has 2 rings (SSSR count). The van der Waals surface area contributed by atoms with Crippen molar-refractivity contribution in [1.82, 2.24) is 4.90 Å². The van der Waals surface area contributed by atoms with E-state index in [0.717, 1.165) is 0 Å². The number of carboxylic acids is 1. The van der Waals surface area contributed by atoms with Crippen molar-refractivity contribution in [1.29, 1.82) is 0 Å². The van der Waals surface area contributed by atoms with Crippen LogP contribution in [0.25, 0.3) is 0 Å². The van der Waals surface area contributed by atoms with Crippen LogP contribution >= 0.6 is 0 Å². The summed E-state index contributed by atoms with van der Waals surface area (Å²) in [6.45, 7) is 2.24. The number of piperidine rings is 1. The average molecular weight is 307 g/mol. The minimum Gasteiger partial charge on any atom is -0.481 e. The number of amides is 2. The Labute approximate surface area is 126 Å². The van der Waals surface area contributed by atoms with Gasteiger partial charge in [-0.05, 0) is 25.8 Å². The number of aryl methyl sites for hydroxylation is 1. The number of nitro groups is 1. The smallest absolute Gasteiger partial charge is 0.321 e. The highest BCUT2D eigenvalue weighted by Crippen LogP contribution is 2.23. The van der Waals surface area contributed by atoms with E-state index in [1.165, 1.54) is 11.0 Å². The second-order valence-electron chi connectivity index (χ2n) is 5.31. The van der Waals surface area contributed by atoms with Gasteiger partial charge in [0.1, 0.15) is 0 Å². The number of hydrogen-bond acceptors (Lipinski definition) is 4. The fourth-order valence-corrected chi connectivity index (χ4v) is 2.45. The van der Waals surface area contributed by atoms with Gasteiger partial charge in [0.15, 0.2) is 0 Å². The molecule has 0 bridgehead atoms. The summed E-state index contributed by atoms with van der Waals surface area (Å²) in [5.41, 5.74) is 0.756. The SMILES string of the molecule is Cc1ccc(NC(=O)N2CCCC(C(=O)O)C2)cc1[N+](=O)[O-]. The van der Waals surface area contributed by atoms with Crippen molar-refractivity contribution >= 4 is 23.4 Å². The molecule has 0 saturated carbocycles. The Hall–Kier alpha value is -2.64. The van der Waals surface area contributed by atoms with Crippen LogP contribution in [0, 0.1) is 23.0 Å². The number of nitrogens with zero attached hydrogens (tertiary/aromatic N) is 2. The van der Waals surface area contributed by atoms with E-state index in [2.05, 4.69) is 5.32 Å². The molecule has 1 aliphatic heterocycles. The van der Waals surface area contributed by atoms with Crippen molar-refractivity contribution in [2.75, 3.05) is 18.4 Å². The van der Waals surface area contributed by atoms with E-state index in [-0.39, 0.29) is 12.2 Å². The Bertz CT molecular complexity index is 616. The van der Waals surface area contributed by atoms with E-state index in [9.17, 15) is 19.7 Å². The van der Waals surface area contributed by atoms with Crippen LogP contribution in [0.2, 0.25) is 0 Å². The molecule has 1 aromatic rings. The summed E-state index contributed by atoms with van der Waals surface area (Å²) in [5, 5.41) is 22.5. The first-order valence-electron chi connectivity index (χ1n) is 6.92. The lowest BCUT2D eigenvalue weighted by atomic mass is 9.99. The molecule has 1 heterocycles. The number of likely N-dealkylation sites (tertiary alicyclic amines) is 1. The standard InChI is InChI=1S/C14H17N3O5/c1-9-4-5-11(7-12(9)17(21)22)15-14(20)16-6-2-3-10(8-16)13(18)19/h4-5,7,10H,2-3,6,8H2,1H3,(H,15,20)(H,18,19). The van der Waals surface area contributed by atoms with Gasteiger partial charge in [-0.15, -0.1) is 0 Å². The Kier molecular flexibility index (Phi) is 4.59. The number of urea groups is 1.